The van der Waals surface area contributed by atoms with Gasteiger partial charge in [-0.2, -0.15) is 0 Å². The lowest BCUT2D eigenvalue weighted by atomic mass is 10.2. The average molecular weight is 177 g/mol. The SMILES string of the molecule is CC(C)N1c2ncncc2C[C@H]1C. The van der Waals surface area contributed by atoms with Crippen molar-refractivity contribution in [3.05, 3.63) is 18.1 Å². The van der Waals surface area contributed by atoms with Gasteiger partial charge >= 0.3 is 0 Å². The zero-order valence-corrected chi connectivity index (χ0v) is 8.36. The van der Waals surface area contributed by atoms with E-state index in [0.29, 0.717) is 12.1 Å². The Morgan fingerprint density at radius 1 is 1.54 bits per heavy atom. The van der Waals surface area contributed by atoms with Crippen LogP contribution in [0.1, 0.15) is 26.3 Å². The van der Waals surface area contributed by atoms with E-state index >= 15 is 0 Å². The summed E-state index contributed by atoms with van der Waals surface area (Å²) in [7, 11) is 0. The maximum absolute atomic E-state index is 4.33. The molecule has 1 aliphatic heterocycles. The fourth-order valence-corrected chi connectivity index (χ4v) is 2.11. The molecule has 0 aliphatic carbocycles. The van der Waals surface area contributed by atoms with Crippen LogP contribution in [0.2, 0.25) is 0 Å². The van der Waals surface area contributed by atoms with Crippen LogP contribution in [-0.4, -0.2) is 22.1 Å². The normalized spacial score (nSPS) is 20.9. The first-order valence-corrected chi connectivity index (χ1v) is 4.77. The summed E-state index contributed by atoms with van der Waals surface area (Å²) in [5, 5.41) is 0. The maximum atomic E-state index is 4.33. The second-order valence-electron chi connectivity index (χ2n) is 3.93. The molecular weight excluding hydrogens is 162 g/mol. The van der Waals surface area contributed by atoms with Crippen LogP contribution in [0.25, 0.3) is 0 Å². The van der Waals surface area contributed by atoms with Crippen molar-refractivity contribution in [1.29, 1.82) is 0 Å². The zero-order valence-electron chi connectivity index (χ0n) is 8.36. The third-order valence-electron chi connectivity index (χ3n) is 2.56. The molecule has 0 unspecified atom stereocenters. The minimum absolute atomic E-state index is 0.520. The molecule has 3 nitrogen and oxygen atoms in total. The largest absolute Gasteiger partial charge is 0.351 e. The van der Waals surface area contributed by atoms with Gasteiger partial charge in [0.05, 0.1) is 0 Å². The topological polar surface area (TPSA) is 29.0 Å². The molecule has 1 aromatic heterocycles. The molecule has 3 heteroatoms. The van der Waals surface area contributed by atoms with E-state index in [0.717, 1.165) is 12.2 Å². The van der Waals surface area contributed by atoms with Crippen molar-refractivity contribution >= 4 is 5.82 Å². The van der Waals surface area contributed by atoms with Crippen LogP contribution in [0.3, 0.4) is 0 Å². The quantitative estimate of drug-likeness (QED) is 0.653. The molecule has 0 N–H and O–H groups in total. The van der Waals surface area contributed by atoms with Gasteiger partial charge in [-0.05, 0) is 27.2 Å². The van der Waals surface area contributed by atoms with Gasteiger partial charge in [0.25, 0.3) is 0 Å². The average Bonchev–Trinajstić information content (AvgIpc) is 2.39. The summed E-state index contributed by atoms with van der Waals surface area (Å²) in [6, 6.07) is 1.08. The Balaban J connectivity index is 2.40. The predicted octanol–water partition coefficient (Wildman–Crippen LogP) is 1.64. The van der Waals surface area contributed by atoms with E-state index in [-0.39, 0.29) is 0 Å². The highest BCUT2D eigenvalue weighted by molar-refractivity contribution is 5.52. The lowest BCUT2D eigenvalue weighted by Crippen LogP contribution is -2.36. The number of hydrogen-bond donors (Lipinski definition) is 0. The Morgan fingerprint density at radius 2 is 2.31 bits per heavy atom. The highest BCUT2D eigenvalue weighted by Gasteiger charge is 2.28. The molecule has 1 atom stereocenters. The molecule has 0 saturated carbocycles. The Labute approximate surface area is 78.8 Å². The number of fused-ring (bicyclic) bond motifs is 1. The first kappa shape index (κ1) is 8.48. The molecule has 2 heterocycles. The van der Waals surface area contributed by atoms with Gasteiger partial charge in [0.1, 0.15) is 12.1 Å². The molecule has 0 spiro atoms. The minimum atomic E-state index is 0.520. The first-order chi connectivity index (χ1) is 6.20. The lowest BCUT2D eigenvalue weighted by Gasteiger charge is -2.27. The Hall–Kier alpha value is -1.12. The Bertz CT molecular complexity index is 309. The third-order valence-corrected chi connectivity index (χ3v) is 2.56. The minimum Gasteiger partial charge on any atom is -0.351 e. The first-order valence-electron chi connectivity index (χ1n) is 4.77. The van der Waals surface area contributed by atoms with Gasteiger partial charge in [0.15, 0.2) is 0 Å². The Morgan fingerprint density at radius 3 is 3.00 bits per heavy atom. The van der Waals surface area contributed by atoms with E-state index in [4.69, 9.17) is 0 Å². The summed E-state index contributed by atoms with van der Waals surface area (Å²) in [6.45, 7) is 6.64. The number of nitrogens with zero attached hydrogens (tertiary/aromatic N) is 3. The summed E-state index contributed by atoms with van der Waals surface area (Å²) in [5.74, 6) is 1.12. The second-order valence-corrected chi connectivity index (χ2v) is 3.93. The number of anilines is 1. The number of hydrogen-bond acceptors (Lipinski definition) is 3. The van der Waals surface area contributed by atoms with Gasteiger partial charge in [-0.25, -0.2) is 9.97 Å². The Kier molecular flexibility index (Phi) is 1.94. The van der Waals surface area contributed by atoms with Crippen molar-refractivity contribution < 1.29 is 0 Å². The van der Waals surface area contributed by atoms with Crippen molar-refractivity contribution in [3.8, 4) is 0 Å². The summed E-state index contributed by atoms with van der Waals surface area (Å²) >= 11 is 0. The lowest BCUT2D eigenvalue weighted by molar-refractivity contribution is 0.601. The molecule has 0 radical (unpaired) electrons. The van der Waals surface area contributed by atoms with Gasteiger partial charge in [-0.3, -0.25) is 0 Å². The van der Waals surface area contributed by atoms with Crippen LogP contribution in [0.15, 0.2) is 12.5 Å². The van der Waals surface area contributed by atoms with E-state index in [1.807, 2.05) is 6.20 Å². The van der Waals surface area contributed by atoms with Crippen LogP contribution >= 0.6 is 0 Å². The maximum Gasteiger partial charge on any atom is 0.135 e. The fraction of sp³-hybridized carbons (Fsp3) is 0.600. The zero-order chi connectivity index (χ0) is 9.42. The van der Waals surface area contributed by atoms with Crippen LogP contribution in [0, 0.1) is 0 Å². The van der Waals surface area contributed by atoms with Crippen molar-refractivity contribution in [1.82, 2.24) is 9.97 Å². The standard InChI is InChI=1S/C10H15N3/c1-7(2)13-8(3)4-9-5-11-6-12-10(9)13/h5-8H,4H2,1-3H3/t8-/m1/s1. The monoisotopic (exact) mass is 177 g/mol. The molecule has 13 heavy (non-hydrogen) atoms. The highest BCUT2D eigenvalue weighted by Crippen LogP contribution is 2.30. The van der Waals surface area contributed by atoms with E-state index in [1.165, 1.54) is 5.56 Å². The molecule has 70 valence electrons. The summed E-state index contributed by atoms with van der Waals surface area (Å²) in [5.41, 5.74) is 1.28. The summed E-state index contributed by atoms with van der Waals surface area (Å²) < 4.78 is 0. The third kappa shape index (κ3) is 1.28. The number of rotatable bonds is 1. The van der Waals surface area contributed by atoms with Crippen molar-refractivity contribution in [3.63, 3.8) is 0 Å². The molecule has 0 saturated heterocycles. The molecule has 0 fully saturated rings. The van der Waals surface area contributed by atoms with Gasteiger partial charge in [-0.1, -0.05) is 0 Å². The second kappa shape index (κ2) is 2.98. The van der Waals surface area contributed by atoms with E-state index in [9.17, 15) is 0 Å². The molecule has 2 rings (SSSR count). The summed E-state index contributed by atoms with van der Waals surface area (Å²) in [6.07, 6.45) is 4.64. The smallest absolute Gasteiger partial charge is 0.135 e. The van der Waals surface area contributed by atoms with Crippen molar-refractivity contribution in [2.75, 3.05) is 4.90 Å². The van der Waals surface area contributed by atoms with Crippen LogP contribution < -0.4 is 4.90 Å². The fourth-order valence-electron chi connectivity index (χ4n) is 2.11. The van der Waals surface area contributed by atoms with Gasteiger partial charge < -0.3 is 4.90 Å². The molecular formula is C10H15N3. The van der Waals surface area contributed by atoms with E-state index in [1.54, 1.807) is 6.33 Å². The van der Waals surface area contributed by atoms with Gasteiger partial charge in [0, 0.05) is 23.8 Å². The molecule has 1 aliphatic rings. The molecule has 0 aromatic carbocycles. The highest BCUT2D eigenvalue weighted by atomic mass is 15.3. The van der Waals surface area contributed by atoms with E-state index in [2.05, 4.69) is 35.6 Å². The number of aromatic nitrogens is 2. The molecule has 0 bridgehead atoms. The molecule has 1 aromatic rings. The predicted molar refractivity (Wildman–Crippen MR) is 52.8 cm³/mol. The van der Waals surface area contributed by atoms with Crippen LogP contribution in [-0.2, 0) is 6.42 Å². The van der Waals surface area contributed by atoms with Crippen molar-refractivity contribution in [2.24, 2.45) is 0 Å². The summed E-state index contributed by atoms with van der Waals surface area (Å²) in [4.78, 5) is 10.7. The van der Waals surface area contributed by atoms with Gasteiger partial charge in [-0.15, -0.1) is 0 Å². The molecule has 0 amide bonds. The van der Waals surface area contributed by atoms with Crippen molar-refractivity contribution in [2.45, 2.75) is 39.3 Å². The van der Waals surface area contributed by atoms with E-state index < -0.39 is 0 Å². The van der Waals surface area contributed by atoms with Gasteiger partial charge in [0.2, 0.25) is 0 Å². The van der Waals surface area contributed by atoms with Crippen LogP contribution in [0.5, 0.6) is 0 Å². The van der Waals surface area contributed by atoms with Crippen LogP contribution in [0.4, 0.5) is 5.82 Å².